The molecule has 0 unspecified atom stereocenters. The highest BCUT2D eigenvalue weighted by Gasteiger charge is 2.22. The van der Waals surface area contributed by atoms with E-state index < -0.39 is 0 Å². The van der Waals surface area contributed by atoms with E-state index in [2.05, 4.69) is 4.90 Å². The molecule has 1 aliphatic rings. The Morgan fingerprint density at radius 3 is 2.68 bits per heavy atom. The van der Waals surface area contributed by atoms with Crippen molar-refractivity contribution in [1.29, 1.82) is 0 Å². The molecule has 1 saturated heterocycles. The number of rotatable bonds is 8. The van der Waals surface area contributed by atoms with Crippen LogP contribution in [0.1, 0.15) is 24.0 Å². The van der Waals surface area contributed by atoms with Gasteiger partial charge in [-0.05, 0) is 37.1 Å². The van der Waals surface area contributed by atoms with Crippen molar-refractivity contribution >= 4 is 22.6 Å². The first kappa shape index (κ1) is 21.7. The van der Waals surface area contributed by atoms with Gasteiger partial charge < -0.3 is 18.6 Å². The van der Waals surface area contributed by atoms with Crippen LogP contribution < -0.4 is 14.9 Å². The largest absolute Gasteiger partial charge is 0.497 e. The van der Waals surface area contributed by atoms with E-state index in [1.807, 2.05) is 18.2 Å². The lowest BCUT2D eigenvalue weighted by Crippen LogP contribution is -2.33. The van der Waals surface area contributed by atoms with Crippen LogP contribution in [0, 0.1) is 0 Å². The summed E-state index contributed by atoms with van der Waals surface area (Å²) in [6, 6.07) is 10.9. The number of fused-ring (bicyclic) bond motifs is 1. The van der Waals surface area contributed by atoms with Crippen molar-refractivity contribution in [2.24, 2.45) is 0 Å². The summed E-state index contributed by atoms with van der Waals surface area (Å²) in [6.45, 7) is 2.52. The van der Waals surface area contributed by atoms with Crippen LogP contribution in [0.25, 0.3) is 11.0 Å². The predicted molar refractivity (Wildman–Crippen MR) is 120 cm³/mol. The lowest BCUT2D eigenvalue weighted by atomic mass is 10.1. The highest BCUT2D eigenvalue weighted by molar-refractivity contribution is 6.31. The Morgan fingerprint density at radius 2 is 1.94 bits per heavy atom. The molecule has 1 atom stereocenters. The molecule has 0 radical (unpaired) electrons. The van der Waals surface area contributed by atoms with Crippen LogP contribution in [0.3, 0.4) is 0 Å². The van der Waals surface area contributed by atoms with Gasteiger partial charge in [0.15, 0.2) is 5.43 Å². The van der Waals surface area contributed by atoms with E-state index in [1.165, 1.54) is 0 Å². The maximum atomic E-state index is 13.1. The molecular weight excluding hydrogens is 418 g/mol. The van der Waals surface area contributed by atoms with Crippen LogP contribution >= 0.6 is 11.6 Å². The second-order valence-electron chi connectivity index (χ2n) is 7.71. The Balaban J connectivity index is 1.63. The second-order valence-corrected chi connectivity index (χ2v) is 8.15. The number of ether oxygens (including phenoxy) is 3. The Labute approximate surface area is 186 Å². The molecule has 0 amide bonds. The first-order valence-corrected chi connectivity index (χ1v) is 10.7. The first-order chi connectivity index (χ1) is 15.1. The molecular formula is C24H26ClNO5. The Hall–Kier alpha value is -2.54. The normalized spacial score (nSPS) is 16.2. The SMILES string of the molecule is COc1ccc(CN(Cc2coc3ccc(Cl)cc3c2=O)C[C@H]2CCCO2)c(OC)c1. The van der Waals surface area contributed by atoms with Gasteiger partial charge in [0.05, 0.1) is 32.0 Å². The molecule has 31 heavy (non-hydrogen) atoms. The van der Waals surface area contributed by atoms with E-state index >= 15 is 0 Å². The van der Waals surface area contributed by atoms with Gasteiger partial charge in [-0.2, -0.15) is 0 Å². The van der Waals surface area contributed by atoms with Gasteiger partial charge in [-0.3, -0.25) is 9.69 Å². The van der Waals surface area contributed by atoms with E-state index in [0.29, 0.717) is 41.2 Å². The lowest BCUT2D eigenvalue weighted by molar-refractivity contribution is 0.0673. The van der Waals surface area contributed by atoms with Crippen molar-refractivity contribution in [1.82, 2.24) is 4.90 Å². The summed E-state index contributed by atoms with van der Waals surface area (Å²) in [5.74, 6) is 1.48. The molecule has 1 aromatic heterocycles. The van der Waals surface area contributed by atoms with E-state index in [9.17, 15) is 4.79 Å². The Bertz CT molecular complexity index is 1110. The standard InChI is InChI=1S/C24H26ClNO5/c1-28-19-7-5-16(23(11-19)29-2)12-26(14-20-4-3-9-30-20)13-17-15-31-22-8-6-18(25)10-21(22)24(17)27/h5-8,10-11,15,20H,3-4,9,12-14H2,1-2H3/t20-/m1/s1. The van der Waals surface area contributed by atoms with Gasteiger partial charge in [-0.1, -0.05) is 17.7 Å². The monoisotopic (exact) mass is 443 g/mol. The van der Waals surface area contributed by atoms with Gasteiger partial charge >= 0.3 is 0 Å². The molecule has 4 rings (SSSR count). The van der Waals surface area contributed by atoms with Gasteiger partial charge in [0.1, 0.15) is 17.1 Å². The van der Waals surface area contributed by atoms with Crippen LogP contribution in [0.5, 0.6) is 11.5 Å². The van der Waals surface area contributed by atoms with Crippen molar-refractivity contribution in [2.75, 3.05) is 27.4 Å². The van der Waals surface area contributed by atoms with Crippen LogP contribution in [0.15, 0.2) is 51.9 Å². The molecule has 0 N–H and O–H groups in total. The maximum absolute atomic E-state index is 13.1. The Kier molecular flexibility index (Phi) is 6.80. The van der Waals surface area contributed by atoms with Gasteiger partial charge in [0.25, 0.3) is 0 Å². The summed E-state index contributed by atoms with van der Waals surface area (Å²) in [4.78, 5) is 15.3. The number of methoxy groups -OCH3 is 2. The van der Waals surface area contributed by atoms with Crippen molar-refractivity contribution in [3.8, 4) is 11.5 Å². The van der Waals surface area contributed by atoms with Crippen LogP contribution in [0.4, 0.5) is 0 Å². The van der Waals surface area contributed by atoms with Gasteiger partial charge in [0.2, 0.25) is 0 Å². The smallest absolute Gasteiger partial charge is 0.197 e. The fourth-order valence-electron chi connectivity index (χ4n) is 3.98. The van der Waals surface area contributed by atoms with E-state index in [1.54, 1.807) is 38.7 Å². The maximum Gasteiger partial charge on any atom is 0.197 e. The average Bonchev–Trinajstić information content (AvgIpc) is 3.29. The summed E-state index contributed by atoms with van der Waals surface area (Å²) in [6.07, 6.45) is 3.76. The van der Waals surface area contributed by atoms with Crippen molar-refractivity contribution < 1.29 is 18.6 Å². The van der Waals surface area contributed by atoms with E-state index in [4.69, 9.17) is 30.2 Å². The number of hydrogen-bond donors (Lipinski definition) is 0. The molecule has 6 nitrogen and oxygen atoms in total. The molecule has 0 saturated carbocycles. The molecule has 0 bridgehead atoms. The fourth-order valence-corrected chi connectivity index (χ4v) is 4.15. The molecule has 7 heteroatoms. The minimum absolute atomic E-state index is 0.0669. The second kappa shape index (κ2) is 9.73. The third-order valence-electron chi connectivity index (χ3n) is 5.57. The molecule has 3 aromatic rings. The zero-order valence-electron chi connectivity index (χ0n) is 17.7. The number of benzene rings is 2. The Morgan fingerprint density at radius 1 is 1.10 bits per heavy atom. The first-order valence-electron chi connectivity index (χ1n) is 10.3. The summed E-state index contributed by atoms with van der Waals surface area (Å²) in [5, 5.41) is 1.00. The molecule has 2 aromatic carbocycles. The minimum atomic E-state index is -0.0669. The van der Waals surface area contributed by atoms with Crippen molar-refractivity contribution in [2.45, 2.75) is 32.0 Å². The molecule has 0 spiro atoms. The molecule has 2 heterocycles. The molecule has 0 aliphatic carbocycles. The third kappa shape index (κ3) is 5.03. The zero-order chi connectivity index (χ0) is 21.8. The molecule has 164 valence electrons. The predicted octanol–water partition coefficient (Wildman–Crippen LogP) is 4.64. The summed E-state index contributed by atoms with van der Waals surface area (Å²) in [7, 11) is 3.27. The van der Waals surface area contributed by atoms with Crippen LogP contribution in [-0.2, 0) is 17.8 Å². The molecule has 1 fully saturated rings. The zero-order valence-corrected chi connectivity index (χ0v) is 18.5. The van der Waals surface area contributed by atoms with E-state index in [0.717, 1.165) is 36.5 Å². The van der Waals surface area contributed by atoms with Crippen molar-refractivity contribution in [3.63, 3.8) is 0 Å². The molecule has 1 aliphatic heterocycles. The van der Waals surface area contributed by atoms with Gasteiger partial charge in [-0.25, -0.2) is 0 Å². The summed E-state index contributed by atoms with van der Waals surface area (Å²) in [5.41, 5.74) is 2.05. The summed E-state index contributed by atoms with van der Waals surface area (Å²) >= 11 is 6.10. The number of hydrogen-bond acceptors (Lipinski definition) is 6. The topological polar surface area (TPSA) is 61.1 Å². The highest BCUT2D eigenvalue weighted by atomic mass is 35.5. The van der Waals surface area contributed by atoms with Crippen LogP contribution in [0.2, 0.25) is 5.02 Å². The number of halogens is 1. The van der Waals surface area contributed by atoms with Crippen LogP contribution in [-0.4, -0.2) is 38.4 Å². The fraction of sp³-hybridized carbons (Fsp3) is 0.375. The average molecular weight is 444 g/mol. The van der Waals surface area contributed by atoms with Gasteiger partial charge in [0, 0.05) is 48.5 Å². The third-order valence-corrected chi connectivity index (χ3v) is 5.81. The lowest BCUT2D eigenvalue weighted by Gasteiger charge is -2.26. The van der Waals surface area contributed by atoms with Gasteiger partial charge in [-0.15, -0.1) is 0 Å². The number of nitrogens with zero attached hydrogens (tertiary/aromatic N) is 1. The minimum Gasteiger partial charge on any atom is -0.497 e. The van der Waals surface area contributed by atoms with E-state index in [-0.39, 0.29) is 11.5 Å². The van der Waals surface area contributed by atoms with Crippen molar-refractivity contribution in [3.05, 3.63) is 69.0 Å². The summed E-state index contributed by atoms with van der Waals surface area (Å²) < 4.78 is 22.5. The quantitative estimate of drug-likeness (QED) is 0.505. The highest BCUT2D eigenvalue weighted by Crippen LogP contribution is 2.27.